The van der Waals surface area contributed by atoms with Gasteiger partial charge >= 0.3 is 11.9 Å². The molecule has 0 radical (unpaired) electrons. The first-order valence-corrected chi connectivity index (χ1v) is 13.1. The van der Waals surface area contributed by atoms with E-state index < -0.39 is 60.2 Å². The first-order valence-electron chi connectivity index (χ1n) is 11.7. The van der Waals surface area contributed by atoms with Crippen molar-refractivity contribution in [3.63, 3.8) is 0 Å². The predicted octanol–water partition coefficient (Wildman–Crippen LogP) is -0.711. The minimum atomic E-state index is -1.38. The number of nitrogens with zero attached hydrogens (tertiary/aromatic N) is 1. The molecule has 3 amide bonds. The number of carbonyl (C=O) groups excluding carboxylic acids is 3. The van der Waals surface area contributed by atoms with Gasteiger partial charge in [-0.2, -0.15) is 11.8 Å². The topological polar surface area (TPSA) is 217 Å². The summed E-state index contributed by atoms with van der Waals surface area (Å²) in [5.41, 5.74) is 6.87. The normalized spacial score (nSPS) is 13.9. The Hall–Kier alpha value is -3.91. The van der Waals surface area contributed by atoms with Crippen molar-refractivity contribution in [3.8, 4) is 0 Å². The molecule has 0 aliphatic rings. The van der Waals surface area contributed by atoms with E-state index in [9.17, 15) is 29.1 Å². The van der Waals surface area contributed by atoms with E-state index >= 15 is 0 Å². The van der Waals surface area contributed by atoms with Crippen LogP contribution in [0, 0.1) is 0 Å². The van der Waals surface area contributed by atoms with Crippen LogP contribution in [0.4, 0.5) is 0 Å². The maximum absolute atomic E-state index is 13.3. The zero-order chi connectivity index (χ0) is 28.1. The highest BCUT2D eigenvalue weighted by molar-refractivity contribution is 7.98. The fourth-order valence-electron chi connectivity index (χ4n) is 3.48. The van der Waals surface area contributed by atoms with Crippen LogP contribution in [0.2, 0.25) is 0 Å². The largest absolute Gasteiger partial charge is 0.481 e. The van der Waals surface area contributed by atoms with Crippen LogP contribution in [0.15, 0.2) is 42.9 Å². The summed E-state index contributed by atoms with van der Waals surface area (Å²) in [5.74, 6) is -4.29. The van der Waals surface area contributed by atoms with E-state index in [2.05, 4.69) is 25.9 Å². The number of benzene rings is 1. The van der Waals surface area contributed by atoms with Crippen molar-refractivity contribution in [2.24, 2.45) is 5.73 Å². The lowest BCUT2D eigenvalue weighted by Gasteiger charge is -2.25. The van der Waals surface area contributed by atoms with Gasteiger partial charge in [-0.05, 0) is 24.0 Å². The Morgan fingerprint density at radius 3 is 2.16 bits per heavy atom. The van der Waals surface area contributed by atoms with Crippen LogP contribution >= 0.6 is 11.8 Å². The van der Waals surface area contributed by atoms with Gasteiger partial charge in [-0.25, -0.2) is 9.78 Å². The smallest absolute Gasteiger partial charge is 0.326 e. The van der Waals surface area contributed by atoms with Crippen LogP contribution in [0.1, 0.15) is 24.1 Å². The standard InChI is InChI=1S/C24H32N6O7S/c1-38-8-7-17(22(34)30-19(24(36)37)10-15-12-26-13-27-15)28-23(35)18(9-14-5-3-2-4-6-14)29-21(33)16(25)11-20(31)32/h2-6,12-13,16-19H,7-11,25H2,1H3,(H,26,27)(H,28,35)(H,29,33)(H,30,34)(H,31,32)(H,36,37). The van der Waals surface area contributed by atoms with Crippen molar-refractivity contribution >= 4 is 41.4 Å². The fraction of sp³-hybridized carbons (Fsp3) is 0.417. The first kappa shape index (κ1) is 30.3. The highest BCUT2D eigenvalue weighted by Gasteiger charge is 2.31. The SMILES string of the molecule is CSCCC(NC(=O)C(Cc1ccccc1)NC(=O)C(N)CC(=O)O)C(=O)NC(Cc1cnc[nH]1)C(=O)O. The zero-order valence-corrected chi connectivity index (χ0v) is 21.6. The van der Waals surface area contributed by atoms with E-state index in [1.807, 2.05) is 6.26 Å². The number of carboxylic acid groups (broad SMARTS) is 2. The lowest BCUT2D eigenvalue weighted by molar-refractivity contribution is -0.142. The number of nitrogens with one attached hydrogen (secondary N) is 4. The zero-order valence-electron chi connectivity index (χ0n) is 20.8. The number of aromatic amines is 1. The monoisotopic (exact) mass is 548 g/mol. The Balaban J connectivity index is 2.19. The van der Waals surface area contributed by atoms with Crippen molar-refractivity contribution in [1.82, 2.24) is 25.9 Å². The van der Waals surface area contributed by atoms with Crippen molar-refractivity contribution in [3.05, 3.63) is 54.1 Å². The highest BCUT2D eigenvalue weighted by atomic mass is 32.2. The molecule has 0 spiro atoms. The molecule has 206 valence electrons. The summed E-state index contributed by atoms with van der Waals surface area (Å²) in [4.78, 5) is 68.2. The second kappa shape index (κ2) is 15.4. The number of aliphatic carboxylic acids is 2. The quantitative estimate of drug-likeness (QED) is 0.140. The molecule has 4 atom stereocenters. The maximum Gasteiger partial charge on any atom is 0.326 e. The molecule has 38 heavy (non-hydrogen) atoms. The fourth-order valence-corrected chi connectivity index (χ4v) is 3.96. The average molecular weight is 549 g/mol. The number of H-pyrrole nitrogens is 1. The third kappa shape index (κ3) is 10.2. The second-order valence-electron chi connectivity index (χ2n) is 8.48. The van der Waals surface area contributed by atoms with Crippen LogP contribution in [0.3, 0.4) is 0 Å². The number of hydrogen-bond donors (Lipinski definition) is 7. The summed E-state index contributed by atoms with van der Waals surface area (Å²) in [6.07, 6.45) is 4.22. The van der Waals surface area contributed by atoms with Gasteiger partial charge in [0.15, 0.2) is 0 Å². The molecule has 2 aromatic rings. The Labute approximate surface area is 223 Å². The van der Waals surface area contributed by atoms with Crippen LogP contribution in [0.25, 0.3) is 0 Å². The molecule has 1 aromatic heterocycles. The van der Waals surface area contributed by atoms with Crippen molar-refractivity contribution in [2.45, 2.75) is 49.9 Å². The molecule has 8 N–H and O–H groups in total. The molecule has 1 heterocycles. The lowest BCUT2D eigenvalue weighted by Crippen LogP contribution is -2.58. The minimum absolute atomic E-state index is 0.0432. The number of nitrogens with two attached hydrogens (primary N) is 1. The second-order valence-corrected chi connectivity index (χ2v) is 9.46. The van der Waals surface area contributed by atoms with E-state index in [4.69, 9.17) is 10.8 Å². The van der Waals surface area contributed by atoms with E-state index in [0.717, 1.165) is 0 Å². The summed E-state index contributed by atoms with van der Waals surface area (Å²) >= 11 is 1.43. The highest BCUT2D eigenvalue weighted by Crippen LogP contribution is 2.08. The molecule has 0 saturated heterocycles. The number of aromatic nitrogens is 2. The number of rotatable bonds is 16. The van der Waals surface area contributed by atoms with Crippen LogP contribution < -0.4 is 21.7 Å². The first-order chi connectivity index (χ1) is 18.1. The number of hydrogen-bond acceptors (Lipinski definition) is 8. The summed E-state index contributed by atoms with van der Waals surface area (Å²) < 4.78 is 0. The van der Waals surface area contributed by atoms with E-state index in [1.165, 1.54) is 24.3 Å². The molecule has 13 nitrogen and oxygen atoms in total. The summed E-state index contributed by atoms with van der Waals surface area (Å²) in [6, 6.07) is 3.86. The Kier molecular flexibility index (Phi) is 12.3. The summed E-state index contributed by atoms with van der Waals surface area (Å²) in [7, 11) is 0. The predicted molar refractivity (Wildman–Crippen MR) is 139 cm³/mol. The molecule has 0 aliphatic carbocycles. The number of thioether (sulfide) groups is 1. The van der Waals surface area contributed by atoms with Crippen molar-refractivity contribution < 1.29 is 34.2 Å². The van der Waals surface area contributed by atoms with Gasteiger partial charge in [0.25, 0.3) is 0 Å². The molecule has 0 saturated carbocycles. The van der Waals surface area contributed by atoms with Crippen molar-refractivity contribution in [2.75, 3.05) is 12.0 Å². The van der Waals surface area contributed by atoms with Gasteiger partial charge in [0, 0.05) is 24.7 Å². The van der Waals surface area contributed by atoms with Crippen molar-refractivity contribution in [1.29, 1.82) is 0 Å². The molecular weight excluding hydrogens is 516 g/mol. The Morgan fingerprint density at radius 2 is 1.58 bits per heavy atom. The Bertz CT molecular complexity index is 1080. The van der Waals surface area contributed by atoms with Gasteiger partial charge in [-0.1, -0.05) is 30.3 Å². The Morgan fingerprint density at radius 1 is 0.947 bits per heavy atom. The van der Waals surface area contributed by atoms with E-state index in [1.54, 1.807) is 30.3 Å². The number of carboxylic acids is 2. The van der Waals surface area contributed by atoms with E-state index in [-0.39, 0.29) is 19.3 Å². The molecule has 0 fully saturated rings. The third-order valence-electron chi connectivity index (χ3n) is 5.48. The molecule has 0 aliphatic heterocycles. The molecular formula is C24H32N6O7S. The van der Waals surface area contributed by atoms with Crippen LogP contribution in [0.5, 0.6) is 0 Å². The van der Waals surface area contributed by atoms with Crippen LogP contribution in [-0.4, -0.2) is 86.0 Å². The summed E-state index contributed by atoms with van der Waals surface area (Å²) in [5, 5.41) is 26.1. The molecule has 4 unspecified atom stereocenters. The van der Waals surface area contributed by atoms with Gasteiger partial charge in [0.05, 0.1) is 18.8 Å². The van der Waals surface area contributed by atoms with Gasteiger partial charge < -0.3 is 36.9 Å². The number of imidazole rings is 1. The van der Waals surface area contributed by atoms with Crippen LogP contribution in [-0.2, 0) is 36.8 Å². The molecule has 1 aromatic carbocycles. The average Bonchev–Trinajstić information content (AvgIpc) is 3.38. The maximum atomic E-state index is 13.3. The van der Waals surface area contributed by atoms with E-state index in [0.29, 0.717) is 17.0 Å². The van der Waals surface area contributed by atoms with Gasteiger partial charge in [0.1, 0.15) is 18.1 Å². The molecule has 14 heteroatoms. The minimum Gasteiger partial charge on any atom is -0.481 e. The molecule has 2 rings (SSSR count). The van der Waals surface area contributed by atoms with Gasteiger partial charge in [-0.3, -0.25) is 19.2 Å². The number of amides is 3. The number of carbonyl (C=O) groups is 5. The van der Waals surface area contributed by atoms with Gasteiger partial charge in [0.2, 0.25) is 17.7 Å². The third-order valence-corrected chi connectivity index (χ3v) is 6.13. The summed E-state index contributed by atoms with van der Waals surface area (Å²) in [6.45, 7) is 0. The lowest BCUT2D eigenvalue weighted by atomic mass is 10.0. The molecule has 0 bridgehead atoms. The van der Waals surface area contributed by atoms with Gasteiger partial charge in [-0.15, -0.1) is 0 Å².